The van der Waals surface area contributed by atoms with Gasteiger partial charge in [-0.3, -0.25) is 9.59 Å². The predicted octanol–water partition coefficient (Wildman–Crippen LogP) is 7.05. The maximum atomic E-state index is 13.9. The first-order valence-corrected chi connectivity index (χ1v) is 15.3. The molecule has 3 aromatic carbocycles. The molecular formula is C36H44N2O4. The Morgan fingerprint density at radius 1 is 0.881 bits per heavy atom. The maximum Gasteiger partial charge on any atom is 0.316 e. The Balaban J connectivity index is 1.38. The van der Waals surface area contributed by atoms with Crippen LogP contribution in [0, 0.1) is 5.41 Å². The lowest BCUT2D eigenvalue weighted by molar-refractivity contribution is -0.143. The van der Waals surface area contributed by atoms with Crippen molar-refractivity contribution in [2.24, 2.45) is 5.41 Å². The van der Waals surface area contributed by atoms with Crippen LogP contribution in [0.1, 0.15) is 91.4 Å². The van der Waals surface area contributed by atoms with Gasteiger partial charge in [-0.05, 0) is 137 Å². The quantitative estimate of drug-likeness (QED) is 0.244. The number of methoxy groups -OCH3 is 1. The van der Waals surface area contributed by atoms with Crippen molar-refractivity contribution in [3.8, 4) is 11.5 Å². The number of rotatable bonds is 7. The van der Waals surface area contributed by atoms with Crippen LogP contribution in [0.25, 0.3) is 0 Å². The number of amides is 1. The van der Waals surface area contributed by atoms with E-state index < -0.39 is 5.41 Å². The molecule has 0 aromatic heterocycles. The number of anilines is 1. The number of hydrogen-bond acceptors (Lipinski definition) is 5. The number of fused-ring (bicyclic) bond motifs is 1. The standard InChI is InChI=1S/C36H44N2O4/c1-6-38(34(39)26-9-7-24(8-10-26)25-17-19-37-20-18-25)33-23-30(41-5)15-16-32(33)29-12-11-28-22-31(14-13-27(28)21-29)42-35(40)36(2,3)4/h7-10,13-16,22-23,25,29,37H,6,11-12,17-21H2,1-5H3. The minimum atomic E-state index is -0.552. The molecule has 1 unspecified atom stereocenters. The molecule has 6 nitrogen and oxygen atoms in total. The first kappa shape index (κ1) is 29.8. The van der Waals surface area contributed by atoms with E-state index in [4.69, 9.17) is 9.47 Å². The Bertz CT molecular complexity index is 1420. The Hall–Kier alpha value is -3.64. The van der Waals surface area contributed by atoms with Crippen molar-refractivity contribution in [3.63, 3.8) is 0 Å². The Morgan fingerprint density at radius 2 is 1.60 bits per heavy atom. The fourth-order valence-electron chi connectivity index (χ4n) is 6.18. The monoisotopic (exact) mass is 568 g/mol. The first-order valence-electron chi connectivity index (χ1n) is 15.3. The average Bonchev–Trinajstić information content (AvgIpc) is 3.01. The molecule has 0 bridgehead atoms. The minimum absolute atomic E-state index is 0.00498. The summed E-state index contributed by atoms with van der Waals surface area (Å²) in [6, 6.07) is 20.4. The van der Waals surface area contributed by atoms with E-state index in [0.717, 1.165) is 62.2 Å². The molecule has 0 spiro atoms. The highest BCUT2D eigenvalue weighted by molar-refractivity contribution is 6.06. The van der Waals surface area contributed by atoms with Crippen LogP contribution in [0.15, 0.2) is 60.7 Å². The molecule has 1 fully saturated rings. The molecule has 0 radical (unpaired) electrons. The highest BCUT2D eigenvalue weighted by Crippen LogP contribution is 2.40. The Kier molecular flexibility index (Phi) is 9.02. The highest BCUT2D eigenvalue weighted by Gasteiger charge is 2.28. The van der Waals surface area contributed by atoms with Crippen LogP contribution in [0.2, 0.25) is 0 Å². The summed E-state index contributed by atoms with van der Waals surface area (Å²) >= 11 is 0. The van der Waals surface area contributed by atoms with E-state index in [-0.39, 0.29) is 17.8 Å². The molecule has 5 rings (SSSR count). The van der Waals surface area contributed by atoms with E-state index in [1.807, 2.05) is 69.0 Å². The maximum absolute atomic E-state index is 13.9. The largest absolute Gasteiger partial charge is 0.497 e. The van der Waals surface area contributed by atoms with Crippen LogP contribution in [0.4, 0.5) is 5.69 Å². The fourth-order valence-corrected chi connectivity index (χ4v) is 6.18. The van der Waals surface area contributed by atoms with Gasteiger partial charge in [0.05, 0.1) is 18.2 Å². The summed E-state index contributed by atoms with van der Waals surface area (Å²) in [5.74, 6) is 1.92. The van der Waals surface area contributed by atoms with Crippen molar-refractivity contribution in [1.29, 1.82) is 0 Å². The molecule has 0 saturated carbocycles. The molecule has 1 amide bonds. The van der Waals surface area contributed by atoms with Crippen LogP contribution in [-0.2, 0) is 17.6 Å². The van der Waals surface area contributed by atoms with Crippen molar-refractivity contribution >= 4 is 17.6 Å². The van der Waals surface area contributed by atoms with Crippen LogP contribution < -0.4 is 19.7 Å². The van der Waals surface area contributed by atoms with Gasteiger partial charge < -0.3 is 19.7 Å². The molecule has 1 saturated heterocycles. The Labute approximate surface area is 250 Å². The summed E-state index contributed by atoms with van der Waals surface area (Å²) in [5, 5.41) is 3.43. The number of carbonyl (C=O) groups is 2. The molecule has 1 N–H and O–H groups in total. The smallest absolute Gasteiger partial charge is 0.316 e. The third kappa shape index (κ3) is 6.54. The second kappa shape index (κ2) is 12.7. The van der Waals surface area contributed by atoms with E-state index in [1.54, 1.807) is 7.11 Å². The molecule has 1 aliphatic carbocycles. The van der Waals surface area contributed by atoms with Gasteiger partial charge in [0.1, 0.15) is 11.5 Å². The molecule has 2 aliphatic rings. The van der Waals surface area contributed by atoms with Crippen molar-refractivity contribution < 1.29 is 19.1 Å². The third-order valence-electron chi connectivity index (χ3n) is 8.73. The molecule has 1 atom stereocenters. The molecule has 6 heteroatoms. The van der Waals surface area contributed by atoms with Crippen LogP contribution in [-0.4, -0.2) is 38.6 Å². The topological polar surface area (TPSA) is 67.9 Å². The summed E-state index contributed by atoms with van der Waals surface area (Å²) in [6.07, 6.45) is 4.95. The third-order valence-corrected chi connectivity index (χ3v) is 8.73. The van der Waals surface area contributed by atoms with E-state index in [1.165, 1.54) is 16.7 Å². The summed E-state index contributed by atoms with van der Waals surface area (Å²) in [7, 11) is 1.66. The SMILES string of the molecule is CCN(C(=O)c1ccc(C2CCNCC2)cc1)c1cc(OC)ccc1C1CCc2cc(OC(=O)C(C)(C)C)ccc2C1. The van der Waals surface area contributed by atoms with Gasteiger partial charge >= 0.3 is 5.97 Å². The van der Waals surface area contributed by atoms with Gasteiger partial charge in [0.15, 0.2) is 0 Å². The zero-order valence-corrected chi connectivity index (χ0v) is 25.7. The number of hydrogen-bond donors (Lipinski definition) is 1. The number of carbonyl (C=O) groups excluding carboxylic acids is 2. The normalized spacial score (nSPS) is 17.3. The second-order valence-corrected chi connectivity index (χ2v) is 12.6. The van der Waals surface area contributed by atoms with Gasteiger partial charge in [-0.25, -0.2) is 0 Å². The van der Waals surface area contributed by atoms with E-state index in [2.05, 4.69) is 29.6 Å². The molecule has 1 heterocycles. The van der Waals surface area contributed by atoms with Crippen molar-refractivity contribution in [2.75, 3.05) is 31.6 Å². The second-order valence-electron chi connectivity index (χ2n) is 12.6. The van der Waals surface area contributed by atoms with Gasteiger partial charge in [0.2, 0.25) is 0 Å². The average molecular weight is 569 g/mol. The fraction of sp³-hybridized carbons (Fsp3) is 0.444. The molecular weight excluding hydrogens is 524 g/mol. The zero-order valence-electron chi connectivity index (χ0n) is 25.7. The number of ether oxygens (including phenoxy) is 2. The van der Waals surface area contributed by atoms with Gasteiger partial charge in [0.25, 0.3) is 5.91 Å². The van der Waals surface area contributed by atoms with Crippen LogP contribution in [0.5, 0.6) is 11.5 Å². The number of nitrogens with zero attached hydrogens (tertiary/aromatic N) is 1. The molecule has 222 valence electrons. The molecule has 1 aliphatic heterocycles. The summed E-state index contributed by atoms with van der Waals surface area (Å²) in [4.78, 5) is 28.2. The minimum Gasteiger partial charge on any atom is -0.497 e. The lowest BCUT2D eigenvalue weighted by atomic mass is 9.79. The number of nitrogens with one attached hydrogen (secondary N) is 1. The summed E-state index contributed by atoms with van der Waals surface area (Å²) < 4.78 is 11.3. The van der Waals surface area contributed by atoms with E-state index in [0.29, 0.717) is 23.8 Å². The lowest BCUT2D eigenvalue weighted by Crippen LogP contribution is -2.32. The zero-order chi connectivity index (χ0) is 29.9. The highest BCUT2D eigenvalue weighted by atomic mass is 16.5. The van der Waals surface area contributed by atoms with Gasteiger partial charge in [0, 0.05) is 18.2 Å². The summed E-state index contributed by atoms with van der Waals surface area (Å²) in [6.45, 7) is 10.3. The molecule has 3 aromatic rings. The molecule has 42 heavy (non-hydrogen) atoms. The summed E-state index contributed by atoms with van der Waals surface area (Å²) in [5.41, 5.74) is 6.01. The van der Waals surface area contributed by atoms with Crippen molar-refractivity contribution in [1.82, 2.24) is 5.32 Å². The van der Waals surface area contributed by atoms with E-state index >= 15 is 0 Å². The lowest BCUT2D eigenvalue weighted by Gasteiger charge is -2.31. The number of piperidine rings is 1. The number of benzene rings is 3. The van der Waals surface area contributed by atoms with Crippen molar-refractivity contribution in [2.45, 2.75) is 71.6 Å². The van der Waals surface area contributed by atoms with Crippen LogP contribution >= 0.6 is 0 Å². The van der Waals surface area contributed by atoms with Crippen LogP contribution in [0.3, 0.4) is 0 Å². The van der Waals surface area contributed by atoms with Gasteiger partial charge in [-0.2, -0.15) is 0 Å². The number of aryl methyl sites for hydroxylation is 1. The van der Waals surface area contributed by atoms with Gasteiger partial charge in [-0.1, -0.05) is 24.3 Å². The van der Waals surface area contributed by atoms with Crippen molar-refractivity contribution in [3.05, 3.63) is 88.5 Å². The predicted molar refractivity (Wildman–Crippen MR) is 168 cm³/mol. The Morgan fingerprint density at radius 3 is 2.26 bits per heavy atom. The van der Waals surface area contributed by atoms with Gasteiger partial charge in [-0.15, -0.1) is 0 Å². The number of esters is 1. The van der Waals surface area contributed by atoms with E-state index in [9.17, 15) is 9.59 Å². The first-order chi connectivity index (χ1) is 20.2.